The van der Waals surface area contributed by atoms with Crippen LogP contribution in [-0.4, -0.2) is 78.6 Å². The summed E-state index contributed by atoms with van der Waals surface area (Å²) in [5.41, 5.74) is 0.553. The maximum atomic E-state index is 14.3. The molecule has 1 N–H and O–H groups in total. The van der Waals surface area contributed by atoms with Gasteiger partial charge in [0.25, 0.3) is 0 Å². The summed E-state index contributed by atoms with van der Waals surface area (Å²) in [7, 11) is 3.17. The minimum absolute atomic E-state index is 0.0289. The Kier molecular flexibility index (Phi) is 8.09. The number of likely N-dealkylation sites (N-methyl/N-ethyl adjacent to an activating group) is 1. The third-order valence-electron chi connectivity index (χ3n) is 8.15. The monoisotopic (exact) mass is 607 g/mol. The molecule has 4 amide bonds. The first kappa shape index (κ1) is 27.5. The van der Waals surface area contributed by atoms with Gasteiger partial charge in [-0.25, -0.2) is 9.69 Å². The van der Waals surface area contributed by atoms with Crippen LogP contribution in [0.15, 0.2) is 33.7 Å². The van der Waals surface area contributed by atoms with Gasteiger partial charge in [-0.2, -0.15) is 0 Å². The Morgan fingerprint density at radius 3 is 2.61 bits per heavy atom. The smallest absolute Gasteiger partial charge is 0.328 e. The SMILES string of the molecule is CNC(=O)C1(N2C(=O)C3C(C)=C(Br)SC3N(CC(OC3CCOCC3)c3ccccc3OC)C2=O)CCC1. The van der Waals surface area contributed by atoms with E-state index in [1.807, 2.05) is 31.2 Å². The Morgan fingerprint density at radius 1 is 1.26 bits per heavy atom. The topological polar surface area (TPSA) is 97.4 Å². The zero-order valence-electron chi connectivity index (χ0n) is 21.9. The number of hydrogen-bond acceptors (Lipinski definition) is 7. The molecular formula is C27H34BrN3O6S. The standard InChI is InChI=1S/C27H34BrN3O6S/c1-16-21-23(32)31(27(11-6-12-27)25(33)29-2)26(34)30(24(21)38-22(16)28)15-20(37-17-9-13-36-14-10-17)18-7-4-5-8-19(18)35-3/h4-5,7-8,17,20-21,24H,6,9-15H2,1-3H3,(H,29,33). The molecule has 3 unspecified atom stereocenters. The van der Waals surface area contributed by atoms with Crippen molar-refractivity contribution in [2.45, 2.75) is 62.1 Å². The fraction of sp³-hybridized carbons (Fsp3) is 0.593. The molecule has 2 saturated heterocycles. The van der Waals surface area contributed by atoms with Crippen LogP contribution in [0.2, 0.25) is 0 Å². The predicted octanol–water partition coefficient (Wildman–Crippen LogP) is 4.18. The van der Waals surface area contributed by atoms with Crippen molar-refractivity contribution in [3.05, 3.63) is 39.2 Å². The van der Waals surface area contributed by atoms with E-state index >= 15 is 0 Å². The predicted molar refractivity (Wildman–Crippen MR) is 147 cm³/mol. The number of fused-ring (bicyclic) bond motifs is 1. The number of amides is 4. The molecule has 1 aromatic carbocycles. The lowest BCUT2D eigenvalue weighted by molar-refractivity contribution is -0.155. The van der Waals surface area contributed by atoms with Crippen LogP contribution in [0.25, 0.3) is 0 Å². The van der Waals surface area contributed by atoms with Gasteiger partial charge in [0.2, 0.25) is 11.8 Å². The van der Waals surface area contributed by atoms with Gasteiger partial charge >= 0.3 is 6.03 Å². The summed E-state index contributed by atoms with van der Waals surface area (Å²) in [5, 5.41) is 2.26. The van der Waals surface area contributed by atoms with Gasteiger partial charge in [-0.3, -0.25) is 9.59 Å². The molecule has 3 atom stereocenters. The van der Waals surface area contributed by atoms with Crippen LogP contribution in [0.1, 0.15) is 50.7 Å². The highest BCUT2D eigenvalue weighted by Gasteiger charge is 2.61. The Morgan fingerprint density at radius 2 is 1.97 bits per heavy atom. The van der Waals surface area contributed by atoms with E-state index in [0.717, 1.165) is 34.2 Å². The maximum Gasteiger partial charge on any atom is 0.328 e. The van der Waals surface area contributed by atoms with E-state index in [0.29, 0.717) is 31.8 Å². The lowest BCUT2D eigenvalue weighted by Gasteiger charge is -2.53. The Balaban J connectivity index is 1.53. The molecule has 1 aliphatic carbocycles. The molecule has 3 fully saturated rings. The summed E-state index contributed by atoms with van der Waals surface area (Å²) in [6.45, 7) is 3.38. The molecule has 3 heterocycles. The second kappa shape index (κ2) is 11.2. The highest BCUT2D eigenvalue weighted by molar-refractivity contribution is 9.14. The average molecular weight is 609 g/mol. The first-order chi connectivity index (χ1) is 18.3. The first-order valence-electron chi connectivity index (χ1n) is 13.1. The molecule has 0 spiro atoms. The number of halogens is 1. The van der Waals surface area contributed by atoms with Gasteiger partial charge in [0.05, 0.1) is 29.5 Å². The minimum Gasteiger partial charge on any atom is -0.496 e. The van der Waals surface area contributed by atoms with Crippen molar-refractivity contribution in [1.82, 2.24) is 15.1 Å². The van der Waals surface area contributed by atoms with E-state index in [2.05, 4.69) is 21.2 Å². The molecule has 11 heteroatoms. The van der Waals surface area contributed by atoms with Gasteiger partial charge in [-0.1, -0.05) is 30.0 Å². The number of benzene rings is 1. The number of para-hydroxylation sites is 1. The van der Waals surface area contributed by atoms with E-state index in [1.54, 1.807) is 19.1 Å². The number of carbonyl (C=O) groups is 3. The number of thioether (sulfide) groups is 1. The molecule has 206 valence electrons. The molecule has 3 aliphatic heterocycles. The molecule has 9 nitrogen and oxygen atoms in total. The van der Waals surface area contributed by atoms with Gasteiger partial charge in [0.15, 0.2) is 0 Å². The van der Waals surface area contributed by atoms with Gasteiger partial charge in [-0.05, 0) is 66.6 Å². The van der Waals surface area contributed by atoms with Gasteiger partial charge in [0, 0.05) is 25.8 Å². The molecule has 0 radical (unpaired) electrons. The van der Waals surface area contributed by atoms with Crippen LogP contribution in [0, 0.1) is 5.92 Å². The van der Waals surface area contributed by atoms with E-state index in [4.69, 9.17) is 14.2 Å². The van der Waals surface area contributed by atoms with E-state index in [1.165, 1.54) is 16.7 Å². The molecule has 38 heavy (non-hydrogen) atoms. The summed E-state index contributed by atoms with van der Waals surface area (Å²) in [4.78, 5) is 44.2. The normalized spacial score (nSPS) is 26.2. The number of ether oxygens (including phenoxy) is 3. The summed E-state index contributed by atoms with van der Waals surface area (Å²) in [5.74, 6) is -0.474. The van der Waals surface area contributed by atoms with Gasteiger partial charge < -0.3 is 24.4 Å². The Hall–Kier alpha value is -2.08. The number of carbonyl (C=O) groups excluding carboxylic acids is 3. The molecule has 0 bridgehead atoms. The van der Waals surface area contributed by atoms with Crippen LogP contribution >= 0.6 is 27.7 Å². The summed E-state index contributed by atoms with van der Waals surface area (Å²) in [6, 6.07) is 7.22. The van der Waals surface area contributed by atoms with Crippen molar-refractivity contribution in [2.75, 3.05) is 33.9 Å². The first-order valence-corrected chi connectivity index (χ1v) is 14.8. The number of rotatable bonds is 8. The van der Waals surface area contributed by atoms with E-state index in [9.17, 15) is 14.4 Å². The minimum atomic E-state index is -1.16. The number of urea groups is 1. The molecule has 1 saturated carbocycles. The molecule has 4 aliphatic rings. The zero-order chi connectivity index (χ0) is 27.0. The van der Waals surface area contributed by atoms with Crippen LogP contribution in [-0.2, 0) is 19.1 Å². The van der Waals surface area contributed by atoms with Crippen molar-refractivity contribution in [2.24, 2.45) is 5.92 Å². The average Bonchev–Trinajstić information content (AvgIpc) is 3.21. The number of imide groups is 1. The number of nitrogens with zero attached hydrogens (tertiary/aromatic N) is 2. The summed E-state index contributed by atoms with van der Waals surface area (Å²) < 4.78 is 18.7. The van der Waals surface area contributed by atoms with Crippen molar-refractivity contribution in [1.29, 1.82) is 0 Å². The molecule has 0 aromatic heterocycles. The lowest BCUT2D eigenvalue weighted by atomic mass is 9.73. The number of nitrogens with one attached hydrogen (secondary N) is 1. The largest absolute Gasteiger partial charge is 0.496 e. The highest BCUT2D eigenvalue weighted by atomic mass is 79.9. The van der Waals surface area contributed by atoms with Crippen molar-refractivity contribution < 1.29 is 28.6 Å². The highest BCUT2D eigenvalue weighted by Crippen LogP contribution is 2.52. The fourth-order valence-electron chi connectivity index (χ4n) is 5.87. The van der Waals surface area contributed by atoms with Crippen molar-refractivity contribution >= 4 is 45.5 Å². The number of hydrogen-bond donors (Lipinski definition) is 1. The lowest BCUT2D eigenvalue weighted by Crippen LogP contribution is -2.72. The third kappa shape index (κ3) is 4.65. The molecule has 5 rings (SSSR count). The van der Waals surface area contributed by atoms with E-state index in [-0.39, 0.29) is 24.5 Å². The summed E-state index contributed by atoms with van der Waals surface area (Å²) in [6.07, 6.45) is 2.70. The summed E-state index contributed by atoms with van der Waals surface area (Å²) >= 11 is 5.08. The van der Waals surface area contributed by atoms with Crippen LogP contribution in [0.3, 0.4) is 0 Å². The van der Waals surface area contributed by atoms with Crippen molar-refractivity contribution in [3.63, 3.8) is 0 Å². The molecular weight excluding hydrogens is 574 g/mol. The third-order valence-corrected chi connectivity index (χ3v) is 10.6. The zero-order valence-corrected chi connectivity index (χ0v) is 24.3. The fourth-order valence-corrected chi connectivity index (χ4v) is 7.97. The van der Waals surface area contributed by atoms with Crippen LogP contribution < -0.4 is 10.1 Å². The van der Waals surface area contributed by atoms with Gasteiger partial charge in [-0.15, -0.1) is 0 Å². The quantitative estimate of drug-likeness (QED) is 0.473. The van der Waals surface area contributed by atoms with Crippen LogP contribution in [0.5, 0.6) is 5.75 Å². The van der Waals surface area contributed by atoms with Crippen molar-refractivity contribution in [3.8, 4) is 5.75 Å². The Labute approximate surface area is 235 Å². The van der Waals surface area contributed by atoms with E-state index < -0.39 is 29.0 Å². The number of methoxy groups -OCH3 is 1. The second-order valence-electron chi connectivity index (χ2n) is 10.2. The van der Waals surface area contributed by atoms with Crippen LogP contribution in [0.4, 0.5) is 4.79 Å². The maximum absolute atomic E-state index is 14.3. The van der Waals surface area contributed by atoms with Gasteiger partial charge in [0.1, 0.15) is 22.8 Å². The Bertz CT molecular complexity index is 1140. The second-order valence-corrected chi connectivity index (χ2v) is 12.6. The molecule has 1 aromatic rings.